The highest BCUT2D eigenvalue weighted by Gasteiger charge is 2.15. The molecule has 3 aromatic rings. The number of allylic oxidation sites excluding steroid dienone is 1. The second-order valence-electron chi connectivity index (χ2n) is 6.03. The lowest BCUT2D eigenvalue weighted by Gasteiger charge is -2.09. The van der Waals surface area contributed by atoms with Gasteiger partial charge in [-0.1, -0.05) is 30.0 Å². The third-order valence-corrected chi connectivity index (χ3v) is 5.82. The minimum Gasteiger partial charge on any atom is -0.486 e. The van der Waals surface area contributed by atoms with Crippen LogP contribution < -0.4 is 4.74 Å². The van der Waals surface area contributed by atoms with Crippen LogP contribution >= 0.6 is 23.1 Å². The molecule has 0 radical (unpaired) electrons. The van der Waals surface area contributed by atoms with E-state index in [0.29, 0.717) is 29.9 Å². The number of hydrogen-bond donors (Lipinski definition) is 0. The molecule has 7 heteroatoms. The van der Waals surface area contributed by atoms with Crippen molar-refractivity contribution in [1.29, 1.82) is 0 Å². The molecule has 27 heavy (non-hydrogen) atoms. The van der Waals surface area contributed by atoms with Crippen molar-refractivity contribution in [1.82, 2.24) is 14.8 Å². The second kappa shape index (κ2) is 9.01. The van der Waals surface area contributed by atoms with Crippen LogP contribution in [0.2, 0.25) is 0 Å². The third-order valence-electron chi connectivity index (χ3n) is 3.81. The monoisotopic (exact) mass is 399 g/mol. The number of nitrogens with zero attached hydrogens (tertiary/aromatic N) is 3. The van der Waals surface area contributed by atoms with Crippen LogP contribution in [0.5, 0.6) is 5.75 Å². The number of benzene rings is 1. The summed E-state index contributed by atoms with van der Waals surface area (Å²) >= 11 is 2.90. The van der Waals surface area contributed by atoms with Crippen molar-refractivity contribution in [3.05, 3.63) is 70.2 Å². The maximum Gasteiger partial charge on any atom is 0.192 e. The number of Topliss-reactive ketones (excluding diaryl/α,β-unsaturated/α-hetero) is 1. The Morgan fingerprint density at radius 1 is 1.30 bits per heavy atom. The van der Waals surface area contributed by atoms with Crippen LogP contribution in [0.25, 0.3) is 0 Å². The van der Waals surface area contributed by atoms with Crippen LogP contribution in [-0.2, 0) is 13.2 Å². The summed E-state index contributed by atoms with van der Waals surface area (Å²) in [6.07, 6.45) is 1.79. The predicted molar refractivity (Wildman–Crippen MR) is 110 cm³/mol. The maximum absolute atomic E-state index is 12.3. The van der Waals surface area contributed by atoms with Gasteiger partial charge in [0.2, 0.25) is 0 Å². The van der Waals surface area contributed by atoms with E-state index in [2.05, 4.69) is 16.8 Å². The summed E-state index contributed by atoms with van der Waals surface area (Å²) in [6, 6.07) is 11.7. The molecule has 0 amide bonds. The molecule has 0 aliphatic heterocycles. The molecular formula is C20H21N3O2S2. The van der Waals surface area contributed by atoms with Gasteiger partial charge in [0.25, 0.3) is 0 Å². The zero-order valence-electron chi connectivity index (χ0n) is 15.3. The highest BCUT2D eigenvalue weighted by molar-refractivity contribution is 7.99. The van der Waals surface area contributed by atoms with E-state index in [4.69, 9.17) is 4.74 Å². The van der Waals surface area contributed by atoms with E-state index >= 15 is 0 Å². The molecule has 140 valence electrons. The highest BCUT2D eigenvalue weighted by Crippen LogP contribution is 2.22. The Balaban J connectivity index is 1.67. The Labute approximate surface area is 167 Å². The summed E-state index contributed by atoms with van der Waals surface area (Å²) in [6.45, 7) is 8.69. The van der Waals surface area contributed by atoms with E-state index in [9.17, 15) is 4.79 Å². The quantitative estimate of drug-likeness (QED) is 0.297. The molecule has 0 aliphatic carbocycles. The predicted octanol–water partition coefficient (Wildman–Crippen LogP) is 4.70. The molecule has 2 heterocycles. The second-order valence-corrected chi connectivity index (χ2v) is 8.26. The molecule has 0 aliphatic rings. The van der Waals surface area contributed by atoms with E-state index < -0.39 is 0 Å². The van der Waals surface area contributed by atoms with Crippen molar-refractivity contribution in [2.75, 3.05) is 5.75 Å². The van der Waals surface area contributed by atoms with E-state index in [-0.39, 0.29) is 5.78 Å². The molecule has 0 spiro atoms. The van der Waals surface area contributed by atoms with Gasteiger partial charge in [0.05, 0.1) is 10.6 Å². The van der Waals surface area contributed by atoms with Gasteiger partial charge >= 0.3 is 0 Å². The third kappa shape index (κ3) is 5.08. The van der Waals surface area contributed by atoms with E-state index in [0.717, 1.165) is 21.1 Å². The van der Waals surface area contributed by atoms with Crippen LogP contribution in [0, 0.1) is 13.8 Å². The number of carbonyl (C=O) groups is 1. The fraction of sp³-hybridized carbons (Fsp3) is 0.250. The molecule has 1 aromatic carbocycles. The zero-order chi connectivity index (χ0) is 19.2. The number of thiophene rings is 1. The average molecular weight is 400 g/mol. The summed E-state index contributed by atoms with van der Waals surface area (Å²) in [4.78, 5) is 14.2. The van der Waals surface area contributed by atoms with Gasteiger partial charge in [-0.3, -0.25) is 9.36 Å². The maximum atomic E-state index is 12.3. The van der Waals surface area contributed by atoms with Crippen molar-refractivity contribution < 1.29 is 9.53 Å². The molecule has 0 unspecified atom stereocenters. The largest absolute Gasteiger partial charge is 0.486 e. The number of carbonyl (C=O) groups excluding carboxylic acids is 1. The fourth-order valence-electron chi connectivity index (χ4n) is 2.48. The van der Waals surface area contributed by atoms with Gasteiger partial charge in [-0.25, -0.2) is 0 Å². The molecule has 5 nitrogen and oxygen atoms in total. The summed E-state index contributed by atoms with van der Waals surface area (Å²) in [5, 5.41) is 9.17. The standard InChI is InChI=1S/C20H21N3O2S2/c1-4-10-23-19(12-25-16-7-5-6-14(2)11-16)21-22-20(23)26-13-17(24)18-9-8-15(3)27-18/h4-9,11H,1,10,12-13H2,2-3H3. The Hall–Kier alpha value is -2.38. The van der Waals surface area contributed by atoms with Gasteiger partial charge in [-0.15, -0.1) is 28.1 Å². The number of ketones is 1. The highest BCUT2D eigenvalue weighted by atomic mass is 32.2. The summed E-state index contributed by atoms with van der Waals surface area (Å²) in [5.41, 5.74) is 1.14. The minimum absolute atomic E-state index is 0.101. The Morgan fingerprint density at radius 3 is 2.85 bits per heavy atom. The van der Waals surface area contributed by atoms with E-state index in [1.165, 1.54) is 23.1 Å². The number of hydrogen-bond acceptors (Lipinski definition) is 6. The minimum atomic E-state index is 0.101. The topological polar surface area (TPSA) is 57.0 Å². The first-order valence-electron chi connectivity index (χ1n) is 8.51. The smallest absolute Gasteiger partial charge is 0.192 e. The van der Waals surface area contributed by atoms with Crippen LogP contribution in [-0.4, -0.2) is 26.3 Å². The van der Waals surface area contributed by atoms with Crippen molar-refractivity contribution in [2.24, 2.45) is 0 Å². The summed E-state index contributed by atoms with van der Waals surface area (Å²) < 4.78 is 7.77. The Morgan fingerprint density at radius 2 is 2.15 bits per heavy atom. The van der Waals surface area contributed by atoms with Crippen molar-refractivity contribution in [2.45, 2.75) is 32.2 Å². The van der Waals surface area contributed by atoms with Crippen LogP contribution in [0.4, 0.5) is 0 Å². The zero-order valence-corrected chi connectivity index (χ0v) is 17.0. The average Bonchev–Trinajstić information content (AvgIpc) is 3.25. The van der Waals surface area contributed by atoms with Crippen molar-refractivity contribution in [3.63, 3.8) is 0 Å². The molecule has 0 saturated carbocycles. The Bertz CT molecular complexity index is 946. The first-order valence-corrected chi connectivity index (χ1v) is 10.3. The molecular weight excluding hydrogens is 378 g/mol. The van der Waals surface area contributed by atoms with Crippen molar-refractivity contribution >= 4 is 28.9 Å². The molecule has 0 atom stereocenters. The van der Waals surface area contributed by atoms with Gasteiger partial charge in [0.1, 0.15) is 12.4 Å². The number of aryl methyl sites for hydroxylation is 2. The van der Waals surface area contributed by atoms with Crippen molar-refractivity contribution in [3.8, 4) is 5.75 Å². The van der Waals surface area contributed by atoms with E-state index in [1.54, 1.807) is 6.08 Å². The normalized spacial score (nSPS) is 10.7. The molecule has 3 rings (SSSR count). The molecule has 0 N–H and O–H groups in total. The molecule has 2 aromatic heterocycles. The fourth-order valence-corrected chi connectivity index (χ4v) is 4.23. The van der Waals surface area contributed by atoms with Gasteiger partial charge in [0, 0.05) is 11.4 Å². The first kappa shape index (κ1) is 19.4. The molecule has 0 bridgehead atoms. The number of ether oxygens (including phenoxy) is 1. The summed E-state index contributed by atoms with van der Waals surface area (Å²) in [7, 11) is 0. The van der Waals surface area contributed by atoms with Gasteiger partial charge in [0.15, 0.2) is 16.8 Å². The van der Waals surface area contributed by atoms with Crippen LogP contribution in [0.1, 0.15) is 25.9 Å². The van der Waals surface area contributed by atoms with Gasteiger partial charge in [-0.05, 0) is 43.7 Å². The number of aromatic nitrogens is 3. The van der Waals surface area contributed by atoms with Crippen LogP contribution in [0.3, 0.4) is 0 Å². The number of thioether (sulfide) groups is 1. The molecule has 0 fully saturated rings. The lowest BCUT2D eigenvalue weighted by atomic mass is 10.2. The lowest BCUT2D eigenvalue weighted by molar-refractivity contribution is 0.102. The Kier molecular flexibility index (Phi) is 6.47. The van der Waals surface area contributed by atoms with Gasteiger partial charge < -0.3 is 4.74 Å². The number of rotatable bonds is 9. The summed E-state index contributed by atoms with van der Waals surface area (Å²) in [5.74, 6) is 1.93. The molecule has 0 saturated heterocycles. The van der Waals surface area contributed by atoms with E-state index in [1.807, 2.05) is 54.8 Å². The van der Waals surface area contributed by atoms with Crippen LogP contribution in [0.15, 0.2) is 54.2 Å². The SMILES string of the molecule is C=CCn1c(COc2cccc(C)c2)nnc1SCC(=O)c1ccc(C)s1. The van der Waals surface area contributed by atoms with Gasteiger partial charge in [-0.2, -0.15) is 0 Å². The lowest BCUT2D eigenvalue weighted by Crippen LogP contribution is -2.08. The first-order chi connectivity index (χ1) is 13.1.